The van der Waals surface area contributed by atoms with E-state index >= 15 is 0 Å². The Hall–Kier alpha value is -1.59. The molecule has 0 saturated carbocycles. The highest BCUT2D eigenvalue weighted by Gasteiger charge is 2.17. The maximum Gasteiger partial charge on any atom is 0.254 e. The van der Waals surface area contributed by atoms with Gasteiger partial charge in [-0.1, -0.05) is 25.4 Å². The fraction of sp³-hybridized carbons (Fsp3) is 0.467. The standard InChI is InChI=1S/C15H22ClN3O2/c1-9(2)7-13(17)14(20)18-10-5-6-12(16)11(8-10)15(21)19(3)4/h5-6,8-9,13H,7,17H2,1-4H3,(H,18,20)/t13-/m0/s1. The van der Waals surface area contributed by atoms with Crippen molar-refractivity contribution in [3.05, 3.63) is 28.8 Å². The van der Waals surface area contributed by atoms with Crippen molar-refractivity contribution in [2.75, 3.05) is 19.4 Å². The van der Waals surface area contributed by atoms with Gasteiger partial charge in [0, 0.05) is 19.8 Å². The average Bonchev–Trinajstić information content (AvgIpc) is 2.39. The molecule has 5 nitrogen and oxygen atoms in total. The molecular formula is C15H22ClN3O2. The molecule has 6 heteroatoms. The third-order valence-corrected chi connectivity index (χ3v) is 3.26. The smallest absolute Gasteiger partial charge is 0.254 e. The van der Waals surface area contributed by atoms with E-state index in [1.807, 2.05) is 13.8 Å². The van der Waals surface area contributed by atoms with Gasteiger partial charge in [0.05, 0.1) is 16.6 Å². The molecular weight excluding hydrogens is 290 g/mol. The lowest BCUT2D eigenvalue weighted by atomic mass is 10.0. The highest BCUT2D eigenvalue weighted by atomic mass is 35.5. The predicted molar refractivity (Wildman–Crippen MR) is 85.5 cm³/mol. The molecule has 0 aliphatic rings. The van der Waals surface area contributed by atoms with E-state index in [2.05, 4.69) is 5.32 Å². The van der Waals surface area contributed by atoms with Gasteiger partial charge in [0.15, 0.2) is 0 Å². The lowest BCUT2D eigenvalue weighted by Crippen LogP contribution is -2.36. The molecule has 0 aliphatic heterocycles. The molecule has 0 saturated heterocycles. The van der Waals surface area contributed by atoms with Crippen LogP contribution >= 0.6 is 11.6 Å². The summed E-state index contributed by atoms with van der Waals surface area (Å²) >= 11 is 6.02. The van der Waals surface area contributed by atoms with E-state index in [-0.39, 0.29) is 11.8 Å². The van der Waals surface area contributed by atoms with Crippen LogP contribution < -0.4 is 11.1 Å². The van der Waals surface area contributed by atoms with E-state index in [1.54, 1.807) is 32.3 Å². The van der Waals surface area contributed by atoms with Crippen molar-refractivity contribution in [3.63, 3.8) is 0 Å². The van der Waals surface area contributed by atoms with Crippen LogP contribution in [0.1, 0.15) is 30.6 Å². The molecule has 0 fully saturated rings. The van der Waals surface area contributed by atoms with Crippen LogP contribution in [0.25, 0.3) is 0 Å². The minimum absolute atomic E-state index is 0.220. The van der Waals surface area contributed by atoms with Gasteiger partial charge in [-0.3, -0.25) is 9.59 Å². The van der Waals surface area contributed by atoms with Gasteiger partial charge in [-0.15, -0.1) is 0 Å². The summed E-state index contributed by atoms with van der Waals surface area (Å²) in [5, 5.41) is 3.06. The van der Waals surface area contributed by atoms with E-state index in [0.29, 0.717) is 28.6 Å². The maximum absolute atomic E-state index is 12.0. The quantitative estimate of drug-likeness (QED) is 0.876. The zero-order valence-electron chi connectivity index (χ0n) is 12.8. The Morgan fingerprint density at radius 2 is 1.95 bits per heavy atom. The number of benzene rings is 1. The Balaban J connectivity index is 2.88. The van der Waals surface area contributed by atoms with Gasteiger partial charge in [0.1, 0.15) is 0 Å². The van der Waals surface area contributed by atoms with Gasteiger partial charge in [-0.05, 0) is 30.5 Å². The van der Waals surface area contributed by atoms with Crippen molar-refractivity contribution in [2.45, 2.75) is 26.3 Å². The summed E-state index contributed by atoms with van der Waals surface area (Å²) in [6, 6.07) is 4.22. The highest BCUT2D eigenvalue weighted by molar-refractivity contribution is 6.34. The van der Waals surface area contributed by atoms with Gasteiger partial charge in [-0.2, -0.15) is 0 Å². The normalized spacial score (nSPS) is 12.1. The van der Waals surface area contributed by atoms with Crippen LogP contribution in [0.2, 0.25) is 5.02 Å². The van der Waals surface area contributed by atoms with E-state index in [9.17, 15) is 9.59 Å². The summed E-state index contributed by atoms with van der Waals surface area (Å²) < 4.78 is 0. The van der Waals surface area contributed by atoms with Crippen LogP contribution in [0.15, 0.2) is 18.2 Å². The zero-order chi connectivity index (χ0) is 16.2. The molecule has 0 unspecified atom stereocenters. The second kappa shape index (κ2) is 7.43. The minimum Gasteiger partial charge on any atom is -0.345 e. The van der Waals surface area contributed by atoms with E-state index in [1.165, 1.54) is 4.90 Å². The van der Waals surface area contributed by atoms with E-state index in [4.69, 9.17) is 17.3 Å². The van der Waals surface area contributed by atoms with Crippen molar-refractivity contribution in [3.8, 4) is 0 Å². The number of hydrogen-bond donors (Lipinski definition) is 2. The Kier molecular flexibility index (Phi) is 6.18. The molecule has 0 heterocycles. The lowest BCUT2D eigenvalue weighted by molar-refractivity contribution is -0.117. The first-order chi connectivity index (χ1) is 9.72. The average molecular weight is 312 g/mol. The van der Waals surface area contributed by atoms with Gasteiger partial charge in [0.2, 0.25) is 5.91 Å². The Morgan fingerprint density at radius 3 is 2.48 bits per heavy atom. The van der Waals surface area contributed by atoms with Crippen molar-refractivity contribution >= 4 is 29.1 Å². The summed E-state index contributed by atoms with van der Waals surface area (Å²) in [5.41, 5.74) is 6.68. The molecule has 1 rings (SSSR count). The van der Waals surface area contributed by atoms with Crippen molar-refractivity contribution < 1.29 is 9.59 Å². The van der Waals surface area contributed by atoms with Gasteiger partial charge in [-0.25, -0.2) is 0 Å². The second-order valence-electron chi connectivity index (χ2n) is 5.62. The summed E-state index contributed by atoms with van der Waals surface area (Å²) in [6.45, 7) is 4.01. The molecule has 3 N–H and O–H groups in total. The summed E-state index contributed by atoms with van der Waals surface area (Å²) in [5.74, 6) is -0.154. The highest BCUT2D eigenvalue weighted by Crippen LogP contribution is 2.22. The maximum atomic E-state index is 12.0. The van der Waals surface area contributed by atoms with Crippen molar-refractivity contribution in [1.29, 1.82) is 0 Å². The molecule has 0 bridgehead atoms. The third-order valence-electron chi connectivity index (χ3n) is 2.93. The Bertz CT molecular complexity index is 530. The fourth-order valence-electron chi connectivity index (χ4n) is 1.86. The Morgan fingerprint density at radius 1 is 1.33 bits per heavy atom. The molecule has 116 valence electrons. The zero-order valence-corrected chi connectivity index (χ0v) is 13.6. The van der Waals surface area contributed by atoms with Crippen LogP contribution in [0.3, 0.4) is 0 Å². The number of anilines is 1. The number of hydrogen-bond acceptors (Lipinski definition) is 3. The molecule has 2 amide bonds. The first-order valence-corrected chi connectivity index (χ1v) is 7.17. The van der Waals surface area contributed by atoms with Crippen LogP contribution in [-0.4, -0.2) is 36.9 Å². The molecule has 1 aromatic rings. The second-order valence-corrected chi connectivity index (χ2v) is 6.03. The monoisotopic (exact) mass is 311 g/mol. The minimum atomic E-state index is -0.575. The number of rotatable bonds is 5. The predicted octanol–water partition coefficient (Wildman–Crippen LogP) is 2.35. The third kappa shape index (κ3) is 5.02. The van der Waals surface area contributed by atoms with Gasteiger partial charge >= 0.3 is 0 Å². The van der Waals surface area contributed by atoms with Crippen LogP contribution in [0, 0.1) is 5.92 Å². The SMILES string of the molecule is CC(C)C[C@H](N)C(=O)Nc1ccc(Cl)c(C(=O)N(C)C)c1. The molecule has 0 radical (unpaired) electrons. The number of carbonyl (C=O) groups excluding carboxylic acids is 2. The van der Waals surface area contributed by atoms with Crippen molar-refractivity contribution in [1.82, 2.24) is 4.90 Å². The van der Waals surface area contributed by atoms with Gasteiger partial charge < -0.3 is 16.0 Å². The molecule has 0 aliphatic carbocycles. The number of carbonyl (C=O) groups is 2. The van der Waals surface area contributed by atoms with Crippen molar-refractivity contribution in [2.24, 2.45) is 11.7 Å². The number of amides is 2. The fourth-order valence-corrected chi connectivity index (χ4v) is 2.06. The largest absolute Gasteiger partial charge is 0.345 e. The number of nitrogens with one attached hydrogen (secondary N) is 1. The summed E-state index contributed by atoms with van der Waals surface area (Å²) in [6.07, 6.45) is 0.600. The van der Waals surface area contributed by atoms with E-state index < -0.39 is 6.04 Å². The van der Waals surface area contributed by atoms with E-state index in [0.717, 1.165) is 0 Å². The number of nitrogens with zero attached hydrogens (tertiary/aromatic N) is 1. The number of nitrogens with two attached hydrogens (primary N) is 1. The summed E-state index contributed by atoms with van der Waals surface area (Å²) in [4.78, 5) is 25.4. The molecule has 0 aromatic heterocycles. The first kappa shape index (κ1) is 17.5. The summed E-state index contributed by atoms with van der Waals surface area (Å²) in [7, 11) is 3.28. The van der Waals surface area contributed by atoms with Crippen LogP contribution in [0.5, 0.6) is 0 Å². The lowest BCUT2D eigenvalue weighted by Gasteiger charge is -2.16. The topological polar surface area (TPSA) is 75.4 Å². The molecule has 21 heavy (non-hydrogen) atoms. The molecule has 1 atom stereocenters. The first-order valence-electron chi connectivity index (χ1n) is 6.80. The Labute approximate surface area is 130 Å². The molecule has 0 spiro atoms. The molecule has 1 aromatic carbocycles. The van der Waals surface area contributed by atoms with Gasteiger partial charge in [0.25, 0.3) is 5.91 Å². The number of halogens is 1. The van der Waals surface area contributed by atoms with Crippen LogP contribution in [0.4, 0.5) is 5.69 Å². The van der Waals surface area contributed by atoms with Crippen LogP contribution in [-0.2, 0) is 4.79 Å².